The van der Waals surface area contributed by atoms with Crippen molar-refractivity contribution in [3.63, 3.8) is 0 Å². The number of halogens is 2. The quantitative estimate of drug-likeness (QED) is 0.925. The fraction of sp³-hybridized carbons (Fsp3) is 0.533. The molecule has 110 valence electrons. The van der Waals surface area contributed by atoms with Gasteiger partial charge in [0.05, 0.1) is 12.1 Å². The molecule has 1 aliphatic rings. The minimum atomic E-state index is -0.738. The topological polar surface area (TPSA) is 41.6 Å². The SMILES string of the molecule is CCC(C)N1C(N)=NCC1(C)c1cc(F)c(C)cc1F. The molecule has 1 aliphatic heterocycles. The summed E-state index contributed by atoms with van der Waals surface area (Å²) in [7, 11) is 0. The Kier molecular flexibility index (Phi) is 3.71. The molecule has 0 saturated carbocycles. The second-order valence-electron chi connectivity index (χ2n) is 5.66. The van der Waals surface area contributed by atoms with Crippen molar-refractivity contribution in [2.75, 3.05) is 6.54 Å². The number of aryl methyl sites for hydroxylation is 1. The molecule has 0 amide bonds. The van der Waals surface area contributed by atoms with Crippen molar-refractivity contribution in [2.24, 2.45) is 10.7 Å². The number of hydrogen-bond donors (Lipinski definition) is 1. The minimum Gasteiger partial charge on any atom is -0.370 e. The van der Waals surface area contributed by atoms with Crippen LogP contribution >= 0.6 is 0 Å². The molecular weight excluding hydrogens is 260 g/mol. The predicted octanol–water partition coefficient (Wildman–Crippen LogP) is 2.92. The Morgan fingerprint density at radius 3 is 2.65 bits per heavy atom. The summed E-state index contributed by atoms with van der Waals surface area (Å²) in [6, 6.07) is 2.61. The van der Waals surface area contributed by atoms with Gasteiger partial charge in [-0.2, -0.15) is 0 Å². The van der Waals surface area contributed by atoms with Crippen molar-refractivity contribution in [1.82, 2.24) is 4.90 Å². The van der Waals surface area contributed by atoms with Crippen LogP contribution in [0, 0.1) is 18.6 Å². The van der Waals surface area contributed by atoms with Crippen molar-refractivity contribution < 1.29 is 8.78 Å². The standard InChI is InChI=1S/C15H21F2N3/c1-5-10(3)20-14(18)19-8-15(20,4)11-7-12(16)9(2)6-13(11)17/h6-7,10H,5,8H2,1-4H3,(H2,18,19). The van der Waals surface area contributed by atoms with Gasteiger partial charge in [-0.1, -0.05) is 6.92 Å². The zero-order valence-electron chi connectivity index (χ0n) is 12.4. The molecule has 1 heterocycles. The lowest BCUT2D eigenvalue weighted by atomic mass is 9.88. The van der Waals surface area contributed by atoms with E-state index in [9.17, 15) is 8.78 Å². The van der Waals surface area contributed by atoms with Crippen molar-refractivity contribution in [3.8, 4) is 0 Å². The van der Waals surface area contributed by atoms with E-state index in [2.05, 4.69) is 4.99 Å². The van der Waals surface area contributed by atoms with Crippen LogP contribution in [0.25, 0.3) is 0 Å². The van der Waals surface area contributed by atoms with Crippen molar-refractivity contribution in [2.45, 2.75) is 45.7 Å². The molecule has 1 aromatic carbocycles. The number of rotatable bonds is 3. The van der Waals surface area contributed by atoms with Gasteiger partial charge in [-0.05, 0) is 44.9 Å². The van der Waals surface area contributed by atoms with Crippen molar-refractivity contribution in [1.29, 1.82) is 0 Å². The number of nitrogens with zero attached hydrogens (tertiary/aromatic N) is 2. The molecule has 1 aromatic rings. The van der Waals surface area contributed by atoms with Gasteiger partial charge in [-0.3, -0.25) is 4.99 Å². The fourth-order valence-corrected chi connectivity index (χ4v) is 2.81. The Morgan fingerprint density at radius 2 is 2.05 bits per heavy atom. The van der Waals surface area contributed by atoms with Crippen LogP contribution in [0.4, 0.5) is 8.78 Å². The molecule has 0 aromatic heterocycles. The first-order chi connectivity index (χ1) is 9.31. The number of guanidine groups is 1. The lowest BCUT2D eigenvalue weighted by Gasteiger charge is -2.40. The van der Waals surface area contributed by atoms with Crippen LogP contribution in [0.15, 0.2) is 17.1 Å². The highest BCUT2D eigenvalue weighted by Crippen LogP contribution is 2.37. The predicted molar refractivity (Wildman–Crippen MR) is 76.5 cm³/mol. The minimum absolute atomic E-state index is 0.106. The summed E-state index contributed by atoms with van der Waals surface area (Å²) >= 11 is 0. The van der Waals surface area contributed by atoms with Crippen molar-refractivity contribution in [3.05, 3.63) is 34.9 Å². The lowest BCUT2D eigenvalue weighted by molar-refractivity contribution is 0.166. The summed E-state index contributed by atoms with van der Waals surface area (Å²) in [5.74, 6) is -0.427. The highest BCUT2D eigenvalue weighted by atomic mass is 19.1. The van der Waals surface area contributed by atoms with E-state index >= 15 is 0 Å². The molecule has 3 nitrogen and oxygen atoms in total. The largest absolute Gasteiger partial charge is 0.370 e. The summed E-state index contributed by atoms with van der Waals surface area (Å²) in [5.41, 5.74) is 5.82. The smallest absolute Gasteiger partial charge is 0.192 e. The van der Waals surface area contributed by atoms with E-state index in [0.29, 0.717) is 23.6 Å². The number of nitrogens with two attached hydrogens (primary N) is 1. The normalized spacial score (nSPS) is 23.9. The maximum atomic E-state index is 14.3. The van der Waals surface area contributed by atoms with Gasteiger partial charge < -0.3 is 10.6 Å². The Morgan fingerprint density at radius 1 is 1.40 bits per heavy atom. The first-order valence-corrected chi connectivity index (χ1v) is 6.86. The molecule has 2 rings (SSSR count). The van der Waals surface area contributed by atoms with Crippen LogP contribution in [0.1, 0.15) is 38.3 Å². The monoisotopic (exact) mass is 281 g/mol. The number of hydrogen-bond acceptors (Lipinski definition) is 3. The third-order valence-electron chi connectivity index (χ3n) is 4.19. The maximum absolute atomic E-state index is 14.3. The molecule has 0 saturated heterocycles. The zero-order chi connectivity index (χ0) is 15.1. The van der Waals surface area contributed by atoms with Crippen LogP contribution in [0.3, 0.4) is 0 Å². The Bertz CT molecular complexity index is 556. The van der Waals surface area contributed by atoms with E-state index in [1.165, 1.54) is 12.1 Å². The van der Waals surface area contributed by atoms with Gasteiger partial charge in [0.25, 0.3) is 0 Å². The van der Waals surface area contributed by atoms with Gasteiger partial charge in [0.1, 0.15) is 11.6 Å². The molecule has 2 N–H and O–H groups in total. The van der Waals surface area contributed by atoms with Crippen molar-refractivity contribution >= 4 is 5.96 Å². The molecule has 0 fully saturated rings. The van der Waals surface area contributed by atoms with E-state index < -0.39 is 17.2 Å². The number of aliphatic imine (C=N–C) groups is 1. The van der Waals surface area contributed by atoms with Crippen LogP contribution in [0.2, 0.25) is 0 Å². The molecule has 2 atom stereocenters. The highest BCUT2D eigenvalue weighted by molar-refractivity contribution is 5.81. The molecule has 0 aliphatic carbocycles. The summed E-state index contributed by atoms with van der Waals surface area (Å²) in [6.45, 7) is 7.78. The summed E-state index contributed by atoms with van der Waals surface area (Å²) in [6.07, 6.45) is 0.849. The van der Waals surface area contributed by atoms with Gasteiger partial charge in [-0.15, -0.1) is 0 Å². The van der Waals surface area contributed by atoms with Crippen LogP contribution in [0.5, 0.6) is 0 Å². The molecule has 0 bridgehead atoms. The van der Waals surface area contributed by atoms with Crippen LogP contribution < -0.4 is 5.73 Å². The average Bonchev–Trinajstić information content (AvgIpc) is 2.70. The summed E-state index contributed by atoms with van der Waals surface area (Å²) < 4.78 is 28.1. The van der Waals surface area contributed by atoms with Crippen LogP contribution in [-0.2, 0) is 5.54 Å². The van der Waals surface area contributed by atoms with E-state index in [4.69, 9.17) is 5.73 Å². The highest BCUT2D eigenvalue weighted by Gasteiger charge is 2.43. The molecule has 20 heavy (non-hydrogen) atoms. The lowest BCUT2D eigenvalue weighted by Crippen LogP contribution is -2.52. The fourth-order valence-electron chi connectivity index (χ4n) is 2.81. The van der Waals surface area contributed by atoms with Crippen LogP contribution in [-0.4, -0.2) is 23.4 Å². The van der Waals surface area contributed by atoms with E-state index in [-0.39, 0.29) is 6.04 Å². The van der Waals surface area contributed by atoms with Gasteiger partial charge >= 0.3 is 0 Å². The number of benzene rings is 1. The Hall–Kier alpha value is -1.65. The Balaban J connectivity index is 2.53. The maximum Gasteiger partial charge on any atom is 0.192 e. The van der Waals surface area contributed by atoms with Gasteiger partial charge in [-0.25, -0.2) is 8.78 Å². The van der Waals surface area contributed by atoms with E-state index in [0.717, 1.165) is 6.42 Å². The Labute approximate surface area is 118 Å². The second-order valence-corrected chi connectivity index (χ2v) is 5.66. The third kappa shape index (κ3) is 2.15. The third-order valence-corrected chi connectivity index (χ3v) is 4.19. The summed E-state index contributed by atoms with van der Waals surface area (Å²) in [5, 5.41) is 0. The first kappa shape index (κ1) is 14.8. The van der Waals surface area contributed by atoms with E-state index in [1.807, 2.05) is 25.7 Å². The second kappa shape index (κ2) is 5.04. The molecule has 0 spiro atoms. The summed E-state index contributed by atoms with van der Waals surface area (Å²) in [4.78, 5) is 6.13. The molecular formula is C15H21F2N3. The van der Waals surface area contributed by atoms with Gasteiger partial charge in [0.15, 0.2) is 5.96 Å². The average molecular weight is 281 g/mol. The molecule has 2 unspecified atom stereocenters. The van der Waals surface area contributed by atoms with Gasteiger partial charge in [0.2, 0.25) is 0 Å². The molecule has 0 radical (unpaired) electrons. The first-order valence-electron chi connectivity index (χ1n) is 6.86. The van der Waals surface area contributed by atoms with E-state index in [1.54, 1.807) is 6.92 Å². The zero-order valence-corrected chi connectivity index (χ0v) is 12.4. The van der Waals surface area contributed by atoms with Gasteiger partial charge in [0, 0.05) is 11.6 Å². The molecule has 5 heteroatoms.